The van der Waals surface area contributed by atoms with Gasteiger partial charge in [-0.1, -0.05) is 6.92 Å². The van der Waals surface area contributed by atoms with Gasteiger partial charge in [0.15, 0.2) is 0 Å². The summed E-state index contributed by atoms with van der Waals surface area (Å²) >= 11 is 0. The standard InChI is InChI=1S/C9H18N2O2/c1-2-11-5-3-9(10,4-6-11)7-8(12)13/h2-7,10H2,1H3,(H,12,13). The molecule has 4 heteroatoms. The van der Waals surface area contributed by atoms with E-state index in [0.717, 1.165) is 32.5 Å². The van der Waals surface area contributed by atoms with E-state index in [0.29, 0.717) is 0 Å². The van der Waals surface area contributed by atoms with Crippen molar-refractivity contribution in [1.29, 1.82) is 0 Å². The van der Waals surface area contributed by atoms with Gasteiger partial charge in [0, 0.05) is 5.54 Å². The van der Waals surface area contributed by atoms with E-state index in [1.165, 1.54) is 0 Å². The smallest absolute Gasteiger partial charge is 0.305 e. The summed E-state index contributed by atoms with van der Waals surface area (Å²) in [6.45, 7) is 5.00. The molecule has 0 atom stereocenters. The molecular weight excluding hydrogens is 168 g/mol. The van der Waals surface area contributed by atoms with Crippen LogP contribution in [0, 0.1) is 0 Å². The van der Waals surface area contributed by atoms with Crippen LogP contribution in [0.3, 0.4) is 0 Å². The molecule has 1 aliphatic heterocycles. The SMILES string of the molecule is CCN1CCC(N)(CC(=O)O)CC1. The number of rotatable bonds is 3. The molecule has 0 aliphatic carbocycles. The summed E-state index contributed by atoms with van der Waals surface area (Å²) in [4.78, 5) is 12.8. The highest BCUT2D eigenvalue weighted by Gasteiger charge is 2.32. The third-order valence-electron chi connectivity index (χ3n) is 2.80. The predicted molar refractivity (Wildman–Crippen MR) is 50.5 cm³/mol. The van der Waals surface area contributed by atoms with Crippen LogP contribution in [0.5, 0.6) is 0 Å². The topological polar surface area (TPSA) is 66.6 Å². The van der Waals surface area contributed by atoms with Crippen LogP contribution in [0.1, 0.15) is 26.2 Å². The van der Waals surface area contributed by atoms with Gasteiger partial charge in [-0.05, 0) is 32.5 Å². The first-order valence-electron chi connectivity index (χ1n) is 4.79. The molecule has 4 nitrogen and oxygen atoms in total. The molecule has 1 rings (SSSR count). The summed E-state index contributed by atoms with van der Waals surface area (Å²) in [5.41, 5.74) is 5.51. The van der Waals surface area contributed by atoms with Crippen LogP contribution in [-0.4, -0.2) is 41.1 Å². The van der Waals surface area contributed by atoms with Crippen LogP contribution in [0.4, 0.5) is 0 Å². The molecule has 0 aromatic rings. The lowest BCUT2D eigenvalue weighted by Crippen LogP contribution is -2.51. The van der Waals surface area contributed by atoms with E-state index in [4.69, 9.17) is 10.8 Å². The lowest BCUT2D eigenvalue weighted by atomic mass is 9.85. The molecule has 13 heavy (non-hydrogen) atoms. The van der Waals surface area contributed by atoms with E-state index >= 15 is 0 Å². The quantitative estimate of drug-likeness (QED) is 0.664. The fraction of sp³-hybridized carbons (Fsp3) is 0.889. The fourth-order valence-electron chi connectivity index (χ4n) is 1.79. The molecule has 0 spiro atoms. The summed E-state index contributed by atoms with van der Waals surface area (Å²) in [6, 6.07) is 0. The first kappa shape index (κ1) is 10.5. The Morgan fingerprint density at radius 3 is 2.46 bits per heavy atom. The molecule has 0 unspecified atom stereocenters. The van der Waals surface area contributed by atoms with Crippen LogP contribution in [0.25, 0.3) is 0 Å². The summed E-state index contributed by atoms with van der Waals surface area (Å²) in [5, 5.41) is 8.66. The second kappa shape index (κ2) is 4.07. The molecule has 0 aromatic heterocycles. The third-order valence-corrected chi connectivity index (χ3v) is 2.80. The summed E-state index contributed by atoms with van der Waals surface area (Å²) in [5.74, 6) is -0.785. The highest BCUT2D eigenvalue weighted by molar-refractivity contribution is 5.68. The molecule has 3 N–H and O–H groups in total. The molecule has 0 saturated carbocycles. The maximum absolute atomic E-state index is 10.5. The van der Waals surface area contributed by atoms with Gasteiger partial charge in [-0.25, -0.2) is 0 Å². The van der Waals surface area contributed by atoms with Gasteiger partial charge in [0.25, 0.3) is 0 Å². The zero-order valence-electron chi connectivity index (χ0n) is 8.12. The Balaban J connectivity index is 2.41. The van der Waals surface area contributed by atoms with Gasteiger partial charge in [-0.15, -0.1) is 0 Å². The van der Waals surface area contributed by atoms with Crippen LogP contribution < -0.4 is 5.73 Å². The summed E-state index contributed by atoms with van der Waals surface area (Å²) in [6.07, 6.45) is 1.70. The first-order valence-corrected chi connectivity index (χ1v) is 4.79. The van der Waals surface area contributed by atoms with Crippen molar-refractivity contribution in [2.24, 2.45) is 5.73 Å². The van der Waals surface area contributed by atoms with E-state index in [1.807, 2.05) is 0 Å². The van der Waals surface area contributed by atoms with Crippen molar-refractivity contribution >= 4 is 5.97 Å². The normalized spacial score (nSPS) is 22.9. The molecule has 1 saturated heterocycles. The molecule has 76 valence electrons. The van der Waals surface area contributed by atoms with Crippen molar-refractivity contribution in [3.05, 3.63) is 0 Å². The maximum Gasteiger partial charge on any atom is 0.305 e. The van der Waals surface area contributed by atoms with Gasteiger partial charge < -0.3 is 15.7 Å². The molecule has 0 amide bonds. The zero-order chi connectivity index (χ0) is 9.90. The summed E-state index contributed by atoms with van der Waals surface area (Å²) < 4.78 is 0. The van der Waals surface area contributed by atoms with Crippen LogP contribution in [0.15, 0.2) is 0 Å². The number of carboxylic acid groups (broad SMARTS) is 1. The zero-order valence-corrected chi connectivity index (χ0v) is 8.12. The van der Waals surface area contributed by atoms with Crippen molar-refractivity contribution in [3.63, 3.8) is 0 Å². The highest BCUT2D eigenvalue weighted by atomic mass is 16.4. The molecule has 1 heterocycles. The van der Waals surface area contributed by atoms with E-state index in [-0.39, 0.29) is 6.42 Å². The number of carboxylic acids is 1. The minimum Gasteiger partial charge on any atom is -0.481 e. The number of carbonyl (C=O) groups is 1. The monoisotopic (exact) mass is 186 g/mol. The largest absolute Gasteiger partial charge is 0.481 e. The lowest BCUT2D eigenvalue weighted by Gasteiger charge is -2.37. The van der Waals surface area contributed by atoms with Crippen LogP contribution in [-0.2, 0) is 4.79 Å². The van der Waals surface area contributed by atoms with Gasteiger partial charge in [0.05, 0.1) is 6.42 Å². The van der Waals surface area contributed by atoms with Gasteiger partial charge in [-0.3, -0.25) is 4.79 Å². The Kier molecular flexibility index (Phi) is 3.27. The number of hydrogen-bond donors (Lipinski definition) is 2. The number of aliphatic carboxylic acids is 1. The molecule has 1 aliphatic rings. The Labute approximate surface area is 78.7 Å². The van der Waals surface area contributed by atoms with Crippen molar-refractivity contribution < 1.29 is 9.90 Å². The molecule has 0 radical (unpaired) electrons. The van der Waals surface area contributed by atoms with Gasteiger partial charge >= 0.3 is 5.97 Å². The molecule has 0 aromatic carbocycles. The number of nitrogens with zero attached hydrogens (tertiary/aromatic N) is 1. The number of hydrogen-bond acceptors (Lipinski definition) is 3. The fourth-order valence-corrected chi connectivity index (χ4v) is 1.79. The molecule has 0 bridgehead atoms. The van der Waals surface area contributed by atoms with Crippen LogP contribution in [0.2, 0.25) is 0 Å². The number of piperidine rings is 1. The highest BCUT2D eigenvalue weighted by Crippen LogP contribution is 2.22. The Hall–Kier alpha value is -0.610. The predicted octanol–water partition coefficient (Wildman–Crippen LogP) is 0.274. The van der Waals surface area contributed by atoms with E-state index in [1.54, 1.807) is 0 Å². The molecular formula is C9H18N2O2. The number of nitrogens with two attached hydrogens (primary N) is 1. The van der Waals surface area contributed by atoms with Gasteiger partial charge in [-0.2, -0.15) is 0 Å². The Morgan fingerprint density at radius 1 is 1.54 bits per heavy atom. The third kappa shape index (κ3) is 2.97. The van der Waals surface area contributed by atoms with Crippen molar-refractivity contribution in [2.75, 3.05) is 19.6 Å². The maximum atomic E-state index is 10.5. The minimum absolute atomic E-state index is 0.102. The van der Waals surface area contributed by atoms with Crippen molar-refractivity contribution in [1.82, 2.24) is 4.90 Å². The van der Waals surface area contributed by atoms with Crippen molar-refractivity contribution in [3.8, 4) is 0 Å². The van der Waals surface area contributed by atoms with Crippen LogP contribution >= 0.6 is 0 Å². The van der Waals surface area contributed by atoms with Gasteiger partial charge in [0.2, 0.25) is 0 Å². The van der Waals surface area contributed by atoms with E-state index in [2.05, 4.69) is 11.8 Å². The average Bonchev–Trinajstić information content (AvgIpc) is 2.04. The van der Waals surface area contributed by atoms with E-state index in [9.17, 15) is 4.79 Å². The second-order valence-electron chi connectivity index (χ2n) is 3.87. The first-order chi connectivity index (χ1) is 6.06. The van der Waals surface area contributed by atoms with Crippen molar-refractivity contribution in [2.45, 2.75) is 31.7 Å². The van der Waals surface area contributed by atoms with Gasteiger partial charge in [0.1, 0.15) is 0 Å². The minimum atomic E-state index is -0.785. The average molecular weight is 186 g/mol. The Morgan fingerprint density at radius 2 is 2.08 bits per heavy atom. The second-order valence-corrected chi connectivity index (χ2v) is 3.87. The lowest BCUT2D eigenvalue weighted by molar-refractivity contribution is -0.138. The molecule has 1 fully saturated rings. The Bertz CT molecular complexity index is 186. The summed E-state index contributed by atoms with van der Waals surface area (Å²) in [7, 11) is 0. The van der Waals surface area contributed by atoms with E-state index < -0.39 is 11.5 Å². The number of likely N-dealkylation sites (tertiary alicyclic amines) is 1.